The highest BCUT2D eigenvalue weighted by atomic mass is 16.5. The van der Waals surface area contributed by atoms with Crippen molar-refractivity contribution in [2.45, 2.75) is 72.3 Å². The summed E-state index contributed by atoms with van der Waals surface area (Å²) in [6.07, 6.45) is 10.4. The topological polar surface area (TPSA) is 46.6 Å². The fourth-order valence-corrected chi connectivity index (χ4v) is 7.36. The van der Waals surface area contributed by atoms with Crippen LogP contribution < -0.4 is 0 Å². The minimum atomic E-state index is -0.178. The average molecular weight is 374 g/mol. The number of ether oxygens (including phenoxy) is 1. The van der Waals surface area contributed by atoms with Crippen LogP contribution in [0.4, 0.5) is 0 Å². The highest BCUT2D eigenvalue weighted by Crippen LogP contribution is 2.65. The number of rotatable bonds is 3. The Morgan fingerprint density at radius 2 is 1.85 bits per heavy atom. The lowest BCUT2D eigenvalue weighted by atomic mass is 9.48. The Morgan fingerprint density at radius 1 is 1.11 bits per heavy atom. The van der Waals surface area contributed by atoms with Crippen molar-refractivity contribution in [3.8, 4) is 0 Å². The van der Waals surface area contributed by atoms with Gasteiger partial charge in [0.2, 0.25) is 5.91 Å². The molecule has 1 heterocycles. The Balaban J connectivity index is 1.60. The van der Waals surface area contributed by atoms with Crippen molar-refractivity contribution in [2.24, 2.45) is 34.5 Å². The zero-order valence-electron chi connectivity index (χ0n) is 17.4. The number of carbonyl (C=O) groups excluding carboxylic acids is 2. The molecule has 3 fully saturated rings. The summed E-state index contributed by atoms with van der Waals surface area (Å²) in [4.78, 5) is 27.0. The van der Waals surface area contributed by atoms with Gasteiger partial charge in [-0.2, -0.15) is 0 Å². The van der Waals surface area contributed by atoms with E-state index in [4.69, 9.17) is 4.74 Å². The van der Waals surface area contributed by atoms with E-state index in [9.17, 15) is 9.59 Å². The maximum Gasteiger partial charge on any atom is 0.330 e. The maximum atomic E-state index is 13.2. The van der Waals surface area contributed by atoms with Crippen LogP contribution in [0.25, 0.3) is 0 Å². The van der Waals surface area contributed by atoms with E-state index in [0.29, 0.717) is 23.7 Å². The lowest BCUT2D eigenvalue weighted by Gasteiger charge is -2.58. The molecule has 3 saturated carbocycles. The molecule has 0 unspecified atom stereocenters. The summed E-state index contributed by atoms with van der Waals surface area (Å²) < 4.78 is 5.71. The van der Waals surface area contributed by atoms with Crippen LogP contribution in [0.3, 0.4) is 0 Å². The maximum absolute atomic E-state index is 13.2. The van der Waals surface area contributed by atoms with Crippen molar-refractivity contribution >= 4 is 11.9 Å². The number of amides is 1. The lowest BCUT2D eigenvalue weighted by molar-refractivity contribution is -0.168. The molecule has 27 heavy (non-hydrogen) atoms. The summed E-state index contributed by atoms with van der Waals surface area (Å²) >= 11 is 0. The van der Waals surface area contributed by atoms with E-state index in [-0.39, 0.29) is 28.8 Å². The molecule has 0 saturated heterocycles. The Kier molecular flexibility index (Phi) is 4.67. The number of esters is 1. The molecule has 0 aromatic carbocycles. The Hall–Kier alpha value is -1.32. The number of nitrogens with zero attached hydrogens (tertiary/aromatic N) is 1. The first kappa shape index (κ1) is 19.0. The predicted molar refractivity (Wildman–Crippen MR) is 105 cm³/mol. The first-order chi connectivity index (χ1) is 12.8. The second-order valence-electron chi connectivity index (χ2n) is 9.76. The molecule has 0 spiro atoms. The largest absolute Gasteiger partial charge is 0.458 e. The van der Waals surface area contributed by atoms with E-state index < -0.39 is 0 Å². The molecule has 0 bridgehead atoms. The minimum Gasteiger partial charge on any atom is -0.458 e. The van der Waals surface area contributed by atoms with Gasteiger partial charge in [0, 0.05) is 30.5 Å². The van der Waals surface area contributed by atoms with E-state index in [1.165, 1.54) is 6.42 Å². The predicted octanol–water partition coefficient (Wildman–Crippen LogP) is 4.20. The van der Waals surface area contributed by atoms with Crippen LogP contribution in [0.15, 0.2) is 12.2 Å². The molecule has 3 aliphatic carbocycles. The molecule has 1 amide bonds. The zero-order chi connectivity index (χ0) is 19.4. The zero-order valence-corrected chi connectivity index (χ0v) is 17.4. The minimum absolute atomic E-state index is 0.0286. The molecule has 150 valence electrons. The fraction of sp³-hybridized carbons (Fsp3) is 0.826. The Labute approximate surface area is 163 Å². The highest BCUT2D eigenvalue weighted by Gasteiger charge is 2.61. The van der Waals surface area contributed by atoms with E-state index in [1.807, 2.05) is 4.90 Å². The van der Waals surface area contributed by atoms with E-state index in [2.05, 4.69) is 33.8 Å². The summed E-state index contributed by atoms with van der Waals surface area (Å²) in [6.45, 7) is 10.5. The second kappa shape index (κ2) is 6.63. The van der Waals surface area contributed by atoms with Gasteiger partial charge in [0.05, 0.1) is 0 Å². The van der Waals surface area contributed by atoms with Gasteiger partial charge in [-0.25, -0.2) is 4.79 Å². The van der Waals surface area contributed by atoms with Gasteiger partial charge in [-0.1, -0.05) is 19.9 Å². The number of hydrogen-bond donors (Lipinski definition) is 0. The smallest absolute Gasteiger partial charge is 0.330 e. The van der Waals surface area contributed by atoms with Crippen LogP contribution in [0.1, 0.15) is 66.2 Å². The third kappa shape index (κ3) is 2.69. The quantitative estimate of drug-likeness (QED) is 0.697. The molecule has 0 aromatic heterocycles. The molecule has 7 atom stereocenters. The molecule has 4 heteroatoms. The van der Waals surface area contributed by atoms with Crippen molar-refractivity contribution in [2.75, 3.05) is 13.1 Å². The summed E-state index contributed by atoms with van der Waals surface area (Å²) in [6, 6.07) is 0. The first-order valence-corrected chi connectivity index (χ1v) is 11.0. The average Bonchev–Trinajstić information content (AvgIpc) is 3.00. The molecule has 0 N–H and O–H groups in total. The highest BCUT2D eigenvalue weighted by molar-refractivity contribution is 5.83. The van der Waals surface area contributed by atoms with Gasteiger partial charge in [-0.05, 0) is 75.5 Å². The Morgan fingerprint density at radius 3 is 2.56 bits per heavy atom. The van der Waals surface area contributed by atoms with E-state index in [0.717, 1.165) is 45.2 Å². The fourth-order valence-electron chi connectivity index (χ4n) is 7.36. The lowest BCUT2D eigenvalue weighted by Crippen LogP contribution is -2.55. The van der Waals surface area contributed by atoms with Crippen LogP contribution in [0, 0.1) is 34.5 Å². The van der Waals surface area contributed by atoms with Crippen molar-refractivity contribution in [1.82, 2.24) is 4.90 Å². The van der Waals surface area contributed by atoms with Gasteiger partial charge in [-0.15, -0.1) is 0 Å². The molecular formula is C23H35NO3. The van der Waals surface area contributed by atoms with Crippen molar-refractivity contribution in [1.29, 1.82) is 0 Å². The molecule has 4 rings (SSSR count). The normalized spacial score (nSPS) is 45.5. The Bertz CT molecular complexity index is 654. The van der Waals surface area contributed by atoms with Crippen molar-refractivity contribution in [3.05, 3.63) is 12.2 Å². The molecule has 0 aromatic rings. The van der Waals surface area contributed by atoms with Crippen molar-refractivity contribution < 1.29 is 14.3 Å². The third-order valence-electron chi connectivity index (χ3n) is 8.90. The number of fused-ring (bicyclic) bond motifs is 5. The van der Waals surface area contributed by atoms with Gasteiger partial charge >= 0.3 is 5.97 Å². The molecule has 1 aliphatic heterocycles. The van der Waals surface area contributed by atoms with Gasteiger partial charge in [0.25, 0.3) is 0 Å². The SMILES string of the molecule is CCN(CC)C(=O)[C@H]1CC[C@H]2[C@@H]3CC[C@H]4OC(=O)C=C[C@]4(C)[C@H]3CC[C@]12C. The van der Waals surface area contributed by atoms with Gasteiger partial charge in [0.15, 0.2) is 0 Å². The molecular weight excluding hydrogens is 338 g/mol. The molecule has 4 aliphatic rings. The van der Waals surface area contributed by atoms with Gasteiger partial charge < -0.3 is 9.64 Å². The van der Waals surface area contributed by atoms with Gasteiger partial charge in [0.1, 0.15) is 6.10 Å². The van der Waals surface area contributed by atoms with E-state index in [1.54, 1.807) is 6.08 Å². The van der Waals surface area contributed by atoms with Crippen LogP contribution in [-0.2, 0) is 14.3 Å². The van der Waals surface area contributed by atoms with Crippen LogP contribution in [0.5, 0.6) is 0 Å². The second-order valence-corrected chi connectivity index (χ2v) is 9.76. The summed E-state index contributed by atoms with van der Waals surface area (Å²) in [5.41, 5.74) is 0.109. The summed E-state index contributed by atoms with van der Waals surface area (Å²) in [5.74, 6) is 2.25. The van der Waals surface area contributed by atoms with Crippen LogP contribution in [0.2, 0.25) is 0 Å². The number of carbonyl (C=O) groups is 2. The van der Waals surface area contributed by atoms with E-state index >= 15 is 0 Å². The monoisotopic (exact) mass is 373 g/mol. The third-order valence-corrected chi connectivity index (χ3v) is 8.90. The first-order valence-electron chi connectivity index (χ1n) is 11.0. The molecule has 0 radical (unpaired) electrons. The van der Waals surface area contributed by atoms with Crippen LogP contribution in [-0.4, -0.2) is 36.0 Å². The standard InChI is InChI=1S/C23H35NO3/c1-5-24(6-2)21(26)18-9-8-16-15-7-10-19-23(4,14-12-20(25)27-19)17(15)11-13-22(16,18)3/h12,14-19H,5-11,13H2,1-4H3/t15-,16-,17-,18+,19+,22-,23+/m0/s1. The van der Waals surface area contributed by atoms with Crippen LogP contribution >= 0.6 is 0 Å². The summed E-state index contributed by atoms with van der Waals surface area (Å²) in [7, 11) is 0. The van der Waals surface area contributed by atoms with Gasteiger partial charge in [-0.3, -0.25) is 4.79 Å². The number of hydrogen-bond acceptors (Lipinski definition) is 3. The van der Waals surface area contributed by atoms with Crippen molar-refractivity contribution in [3.63, 3.8) is 0 Å². The molecule has 4 nitrogen and oxygen atoms in total. The summed E-state index contributed by atoms with van der Waals surface area (Å²) in [5, 5.41) is 0.